The highest BCUT2D eigenvalue weighted by molar-refractivity contribution is 6.13. The minimum atomic E-state index is -4.92. The molecule has 0 heterocycles. The van der Waals surface area contributed by atoms with Crippen LogP contribution in [0.3, 0.4) is 0 Å². The molecule has 188 valence electrons. The Kier molecular flexibility index (Phi) is 5.98. The van der Waals surface area contributed by atoms with Crippen molar-refractivity contribution in [1.29, 1.82) is 0 Å². The Morgan fingerprint density at radius 1 is 0.595 bits per heavy atom. The molecule has 3 N–H and O–H groups in total. The fourth-order valence-corrected chi connectivity index (χ4v) is 4.57. The number of nitrogens with one attached hydrogen (secondary N) is 1. The highest BCUT2D eigenvalue weighted by atomic mass is 19.4. The molecule has 0 bridgehead atoms. The van der Waals surface area contributed by atoms with Crippen molar-refractivity contribution in [2.75, 3.05) is 11.1 Å². The summed E-state index contributed by atoms with van der Waals surface area (Å²) in [6.07, 6.45) is -9.83. The number of hydrogen-bond acceptors (Lipinski definition) is 2. The summed E-state index contributed by atoms with van der Waals surface area (Å²) >= 11 is 0. The Labute approximate surface area is 208 Å². The van der Waals surface area contributed by atoms with E-state index in [-0.39, 0.29) is 18.2 Å². The van der Waals surface area contributed by atoms with Gasteiger partial charge in [-0.1, -0.05) is 60.7 Å². The maximum atomic E-state index is 13.4. The Hall–Kier alpha value is -4.20. The molecule has 0 aliphatic carbocycles. The van der Waals surface area contributed by atoms with E-state index in [4.69, 9.17) is 5.73 Å². The zero-order valence-electron chi connectivity index (χ0n) is 19.2. The SMILES string of the molecule is Nc1ccc2ccccc2c1-c1c(NCc2cc(C(F)(F)F)cc(C(F)(F)F)c2)ccc2ccccc12. The van der Waals surface area contributed by atoms with E-state index < -0.39 is 23.5 Å². The number of rotatable bonds is 4. The number of anilines is 2. The van der Waals surface area contributed by atoms with Crippen LogP contribution in [-0.4, -0.2) is 0 Å². The molecule has 0 unspecified atom stereocenters. The van der Waals surface area contributed by atoms with Gasteiger partial charge in [0.05, 0.1) is 11.1 Å². The van der Waals surface area contributed by atoms with Gasteiger partial charge in [0.15, 0.2) is 0 Å². The fraction of sp³-hybridized carbons (Fsp3) is 0.103. The van der Waals surface area contributed by atoms with Crippen LogP contribution in [0, 0.1) is 0 Å². The third-order valence-electron chi connectivity index (χ3n) is 6.27. The Bertz CT molecular complexity index is 1590. The van der Waals surface area contributed by atoms with Gasteiger partial charge in [-0.25, -0.2) is 0 Å². The number of fused-ring (bicyclic) bond motifs is 2. The fourth-order valence-electron chi connectivity index (χ4n) is 4.57. The first-order valence-corrected chi connectivity index (χ1v) is 11.3. The van der Waals surface area contributed by atoms with E-state index >= 15 is 0 Å². The molecular weight excluding hydrogens is 490 g/mol. The lowest BCUT2D eigenvalue weighted by atomic mass is 9.91. The summed E-state index contributed by atoms with van der Waals surface area (Å²) in [6.45, 7) is -0.261. The van der Waals surface area contributed by atoms with Gasteiger partial charge >= 0.3 is 12.4 Å². The Balaban J connectivity index is 1.66. The van der Waals surface area contributed by atoms with E-state index in [1.54, 1.807) is 12.1 Å². The van der Waals surface area contributed by atoms with Crippen LogP contribution in [0.1, 0.15) is 16.7 Å². The van der Waals surface area contributed by atoms with Crippen LogP contribution < -0.4 is 11.1 Å². The van der Waals surface area contributed by atoms with Gasteiger partial charge in [-0.15, -0.1) is 0 Å². The molecule has 37 heavy (non-hydrogen) atoms. The molecule has 5 rings (SSSR count). The maximum Gasteiger partial charge on any atom is 0.416 e. The second kappa shape index (κ2) is 9.03. The highest BCUT2D eigenvalue weighted by Crippen LogP contribution is 2.43. The van der Waals surface area contributed by atoms with Gasteiger partial charge in [0, 0.05) is 29.0 Å². The van der Waals surface area contributed by atoms with E-state index in [0.717, 1.165) is 44.8 Å². The zero-order valence-corrected chi connectivity index (χ0v) is 19.2. The van der Waals surface area contributed by atoms with E-state index in [1.807, 2.05) is 60.7 Å². The van der Waals surface area contributed by atoms with Crippen LogP contribution >= 0.6 is 0 Å². The van der Waals surface area contributed by atoms with Crippen molar-refractivity contribution < 1.29 is 26.3 Å². The molecule has 0 saturated heterocycles. The molecule has 0 fully saturated rings. The van der Waals surface area contributed by atoms with Crippen LogP contribution in [0.2, 0.25) is 0 Å². The van der Waals surface area contributed by atoms with Crippen molar-refractivity contribution >= 4 is 32.9 Å². The predicted molar refractivity (Wildman–Crippen MR) is 135 cm³/mol. The number of nitrogen functional groups attached to an aromatic ring is 1. The normalized spacial score (nSPS) is 12.3. The lowest BCUT2D eigenvalue weighted by Crippen LogP contribution is -2.13. The quantitative estimate of drug-likeness (QED) is 0.187. The molecule has 5 aromatic rings. The molecule has 0 aliphatic heterocycles. The largest absolute Gasteiger partial charge is 0.416 e. The van der Waals surface area contributed by atoms with Crippen LogP contribution in [0.25, 0.3) is 32.7 Å². The van der Waals surface area contributed by atoms with E-state index in [9.17, 15) is 26.3 Å². The van der Waals surface area contributed by atoms with Crippen molar-refractivity contribution in [2.45, 2.75) is 18.9 Å². The van der Waals surface area contributed by atoms with Crippen molar-refractivity contribution in [2.24, 2.45) is 0 Å². The molecular formula is C29H20F6N2. The molecule has 5 aromatic carbocycles. The number of nitrogens with two attached hydrogens (primary N) is 1. The number of benzene rings is 5. The molecule has 0 aromatic heterocycles. The lowest BCUT2D eigenvalue weighted by Gasteiger charge is -2.19. The van der Waals surface area contributed by atoms with Gasteiger partial charge in [0.2, 0.25) is 0 Å². The van der Waals surface area contributed by atoms with E-state index in [2.05, 4.69) is 5.32 Å². The number of halogens is 6. The molecule has 0 saturated carbocycles. The average molecular weight is 510 g/mol. The second-order valence-corrected chi connectivity index (χ2v) is 8.73. The first-order valence-electron chi connectivity index (χ1n) is 11.3. The minimum absolute atomic E-state index is 0.127. The van der Waals surface area contributed by atoms with Crippen LogP contribution in [0.5, 0.6) is 0 Å². The number of alkyl halides is 6. The minimum Gasteiger partial charge on any atom is -0.398 e. The summed E-state index contributed by atoms with van der Waals surface area (Å²) < 4.78 is 80.1. The third-order valence-corrected chi connectivity index (χ3v) is 6.27. The van der Waals surface area contributed by atoms with E-state index in [0.29, 0.717) is 11.4 Å². The zero-order chi connectivity index (χ0) is 26.4. The standard InChI is InChI=1S/C29H20F6N2/c30-28(31,32)20-13-17(14-21(15-20)29(33,34)35)16-37-25-12-10-19-6-2-4-8-23(19)27(25)26-22-7-3-1-5-18(22)9-11-24(26)36/h1-15,37H,16,36H2. The highest BCUT2D eigenvalue weighted by Gasteiger charge is 2.36. The Morgan fingerprint density at radius 2 is 1.11 bits per heavy atom. The smallest absolute Gasteiger partial charge is 0.398 e. The molecule has 0 spiro atoms. The summed E-state index contributed by atoms with van der Waals surface area (Å²) in [4.78, 5) is 0. The van der Waals surface area contributed by atoms with Crippen molar-refractivity contribution in [3.8, 4) is 11.1 Å². The maximum absolute atomic E-state index is 13.4. The second-order valence-electron chi connectivity index (χ2n) is 8.73. The lowest BCUT2D eigenvalue weighted by molar-refractivity contribution is -0.143. The van der Waals surface area contributed by atoms with Crippen LogP contribution in [0.15, 0.2) is 91.0 Å². The summed E-state index contributed by atoms with van der Waals surface area (Å²) in [5, 5.41) is 6.65. The van der Waals surface area contributed by atoms with Gasteiger partial charge in [-0.3, -0.25) is 0 Å². The van der Waals surface area contributed by atoms with Gasteiger partial charge in [0.1, 0.15) is 0 Å². The predicted octanol–water partition coefficient (Wildman–Crippen LogP) is 8.89. The van der Waals surface area contributed by atoms with Gasteiger partial charge in [0.25, 0.3) is 0 Å². The molecule has 0 amide bonds. The van der Waals surface area contributed by atoms with Crippen molar-refractivity contribution in [3.63, 3.8) is 0 Å². The monoisotopic (exact) mass is 510 g/mol. The van der Waals surface area contributed by atoms with Gasteiger partial charge in [-0.05, 0) is 57.4 Å². The van der Waals surface area contributed by atoms with Crippen molar-refractivity contribution in [3.05, 3.63) is 108 Å². The van der Waals surface area contributed by atoms with Gasteiger partial charge in [-0.2, -0.15) is 26.3 Å². The molecule has 0 atom stereocenters. The first-order chi connectivity index (χ1) is 17.5. The molecule has 0 aliphatic rings. The number of hydrogen-bond donors (Lipinski definition) is 2. The van der Waals surface area contributed by atoms with Crippen molar-refractivity contribution in [1.82, 2.24) is 0 Å². The molecule has 2 nitrogen and oxygen atoms in total. The summed E-state index contributed by atoms with van der Waals surface area (Å²) in [5.74, 6) is 0. The molecule has 8 heteroatoms. The first kappa shape index (κ1) is 24.5. The summed E-state index contributed by atoms with van der Waals surface area (Å²) in [5.41, 5.74) is 6.08. The van der Waals surface area contributed by atoms with Gasteiger partial charge < -0.3 is 11.1 Å². The summed E-state index contributed by atoms with van der Waals surface area (Å²) in [6, 6.07) is 24.1. The summed E-state index contributed by atoms with van der Waals surface area (Å²) in [7, 11) is 0. The topological polar surface area (TPSA) is 38.0 Å². The average Bonchev–Trinajstić information content (AvgIpc) is 2.86. The van der Waals surface area contributed by atoms with Crippen LogP contribution in [0.4, 0.5) is 37.7 Å². The van der Waals surface area contributed by atoms with E-state index in [1.165, 1.54) is 0 Å². The molecule has 0 radical (unpaired) electrons. The van der Waals surface area contributed by atoms with Crippen LogP contribution in [-0.2, 0) is 18.9 Å². The third kappa shape index (κ3) is 4.79. The Morgan fingerprint density at radius 3 is 1.68 bits per heavy atom.